The fourth-order valence-corrected chi connectivity index (χ4v) is 4.30. The number of piperidine rings is 1. The predicted molar refractivity (Wildman–Crippen MR) is 70.1 cm³/mol. The zero-order valence-corrected chi connectivity index (χ0v) is 11.8. The predicted octanol–water partition coefficient (Wildman–Crippen LogP) is 1.78. The van der Waals surface area contributed by atoms with E-state index in [4.69, 9.17) is 0 Å². The number of halogens is 2. The largest absolute Gasteiger partial charge is 0.311 e. The van der Waals surface area contributed by atoms with E-state index in [0.717, 1.165) is 25.2 Å². The summed E-state index contributed by atoms with van der Waals surface area (Å²) in [6.07, 6.45) is 1.07. The minimum Gasteiger partial charge on any atom is -0.311 e. The highest BCUT2D eigenvalue weighted by Gasteiger charge is 2.47. The summed E-state index contributed by atoms with van der Waals surface area (Å²) in [5, 5.41) is 3.44. The Kier molecular flexibility index (Phi) is 2.53. The van der Waals surface area contributed by atoms with Gasteiger partial charge in [0.2, 0.25) is 0 Å². The molecule has 16 heavy (non-hydrogen) atoms. The smallest absolute Gasteiger partial charge is 0.250 e. The number of pyridine rings is 1. The summed E-state index contributed by atoms with van der Waals surface area (Å²) in [5.41, 5.74) is 1.18. The second kappa shape index (κ2) is 3.68. The normalized spacial score (nSPS) is 36.9. The number of hydrogen-bond acceptors (Lipinski definition) is 2. The van der Waals surface area contributed by atoms with E-state index in [1.807, 2.05) is 16.7 Å². The molecule has 3 rings (SSSR count). The van der Waals surface area contributed by atoms with Gasteiger partial charge in [-0.2, -0.15) is 0 Å². The molecule has 2 aliphatic rings. The molecule has 5 heteroatoms. The van der Waals surface area contributed by atoms with E-state index >= 15 is 0 Å². The van der Waals surface area contributed by atoms with Crippen LogP contribution in [0.4, 0.5) is 0 Å². The van der Waals surface area contributed by atoms with Gasteiger partial charge in [0.15, 0.2) is 0 Å². The zero-order chi connectivity index (χ0) is 11.3. The lowest BCUT2D eigenvalue weighted by atomic mass is 9.84. The molecule has 0 aliphatic carbocycles. The molecule has 3 nitrogen and oxygen atoms in total. The molecule has 2 aliphatic heterocycles. The summed E-state index contributed by atoms with van der Waals surface area (Å²) in [6, 6.07) is 5.51. The number of hydrogen-bond donors (Lipinski definition) is 1. The molecule has 0 aromatic carbocycles. The van der Waals surface area contributed by atoms with Gasteiger partial charge in [0.05, 0.1) is 9.28 Å². The maximum atomic E-state index is 11.9. The topological polar surface area (TPSA) is 34.0 Å². The number of nitrogens with one attached hydrogen (secondary N) is 1. The average Bonchev–Trinajstić information content (AvgIpc) is 2.26. The summed E-state index contributed by atoms with van der Waals surface area (Å²) < 4.78 is 1.74. The van der Waals surface area contributed by atoms with Crippen molar-refractivity contribution in [2.75, 3.05) is 6.54 Å². The third-order valence-electron chi connectivity index (χ3n) is 3.49. The summed E-state index contributed by atoms with van der Waals surface area (Å²) in [4.78, 5) is 12.0. The molecule has 86 valence electrons. The Bertz CT molecular complexity index is 487. The highest BCUT2D eigenvalue weighted by Crippen LogP contribution is 2.47. The van der Waals surface area contributed by atoms with Gasteiger partial charge >= 0.3 is 0 Å². The molecule has 1 aromatic rings. The Hall–Kier alpha value is -0.130. The van der Waals surface area contributed by atoms with Crippen molar-refractivity contribution in [2.45, 2.75) is 22.2 Å². The molecule has 0 spiro atoms. The van der Waals surface area contributed by atoms with Crippen molar-refractivity contribution >= 4 is 31.9 Å². The molecule has 3 atom stereocenters. The lowest BCUT2D eigenvalue weighted by Gasteiger charge is -2.46. The summed E-state index contributed by atoms with van der Waals surface area (Å²) in [7, 11) is 0. The maximum Gasteiger partial charge on any atom is 0.250 e. The van der Waals surface area contributed by atoms with Gasteiger partial charge in [0.25, 0.3) is 5.56 Å². The monoisotopic (exact) mass is 346 g/mol. The Morgan fingerprint density at radius 2 is 2.31 bits per heavy atom. The quantitative estimate of drug-likeness (QED) is 0.573. The van der Waals surface area contributed by atoms with Gasteiger partial charge in [-0.25, -0.2) is 0 Å². The second-order valence-corrected chi connectivity index (χ2v) is 6.89. The molecular weight excluding hydrogens is 336 g/mol. The van der Waals surface area contributed by atoms with Crippen molar-refractivity contribution in [1.29, 1.82) is 0 Å². The van der Waals surface area contributed by atoms with Gasteiger partial charge in [-0.3, -0.25) is 4.79 Å². The first-order chi connectivity index (χ1) is 7.61. The zero-order valence-electron chi connectivity index (χ0n) is 8.62. The van der Waals surface area contributed by atoms with Crippen LogP contribution in [0.3, 0.4) is 0 Å². The highest BCUT2D eigenvalue weighted by molar-refractivity contribution is 9.12. The number of rotatable bonds is 0. The van der Waals surface area contributed by atoms with E-state index in [0.29, 0.717) is 5.92 Å². The molecule has 2 unspecified atom stereocenters. The van der Waals surface area contributed by atoms with Crippen LogP contribution in [0.1, 0.15) is 12.1 Å². The van der Waals surface area contributed by atoms with Crippen LogP contribution < -0.4 is 10.9 Å². The van der Waals surface area contributed by atoms with E-state index in [1.54, 1.807) is 6.07 Å². The van der Waals surface area contributed by atoms with Gasteiger partial charge < -0.3 is 9.88 Å². The van der Waals surface area contributed by atoms with E-state index < -0.39 is 0 Å². The molecular formula is C11H12Br2N2O. The molecule has 0 radical (unpaired) electrons. The standard InChI is InChI=1S/C11H12Br2N2O/c12-10-11(13)4-7(5-14-10)6-15-8(11)2-1-3-9(15)16/h1-3,7,10,14H,4-6H2/t7?,10?,11-/m1/s1. The van der Waals surface area contributed by atoms with Gasteiger partial charge in [-0.05, 0) is 18.4 Å². The first kappa shape index (κ1) is 11.0. The van der Waals surface area contributed by atoms with E-state index in [1.165, 1.54) is 0 Å². The van der Waals surface area contributed by atoms with E-state index in [-0.39, 0.29) is 14.8 Å². The SMILES string of the molecule is O=c1cccc2n1CC1CNC(Br)[C@@]2(Br)C1. The molecule has 1 fully saturated rings. The minimum atomic E-state index is -0.158. The van der Waals surface area contributed by atoms with Crippen molar-refractivity contribution in [3.63, 3.8) is 0 Å². The third-order valence-corrected chi connectivity index (χ3v) is 6.40. The Morgan fingerprint density at radius 3 is 3.12 bits per heavy atom. The molecule has 1 aromatic heterocycles. The van der Waals surface area contributed by atoms with Crippen molar-refractivity contribution in [3.05, 3.63) is 34.2 Å². The number of aromatic nitrogens is 1. The van der Waals surface area contributed by atoms with Gasteiger partial charge in [0.1, 0.15) is 0 Å². The van der Waals surface area contributed by atoms with Crippen LogP contribution in [0.2, 0.25) is 0 Å². The fraction of sp³-hybridized carbons (Fsp3) is 0.545. The Morgan fingerprint density at radius 1 is 1.50 bits per heavy atom. The van der Waals surface area contributed by atoms with E-state index in [2.05, 4.69) is 37.2 Å². The van der Waals surface area contributed by atoms with Crippen LogP contribution in [0.5, 0.6) is 0 Å². The van der Waals surface area contributed by atoms with Crippen LogP contribution in [-0.2, 0) is 10.9 Å². The fourth-order valence-electron chi connectivity index (χ4n) is 2.72. The molecule has 1 saturated heterocycles. The Balaban J connectivity index is 2.23. The van der Waals surface area contributed by atoms with Crippen LogP contribution in [-0.4, -0.2) is 16.1 Å². The molecule has 1 N–H and O–H groups in total. The molecule has 2 bridgehead atoms. The average molecular weight is 348 g/mol. The first-order valence-corrected chi connectivity index (χ1v) is 7.09. The van der Waals surface area contributed by atoms with Gasteiger partial charge in [0, 0.05) is 24.8 Å². The minimum absolute atomic E-state index is 0.104. The van der Waals surface area contributed by atoms with Crippen LogP contribution in [0.15, 0.2) is 23.0 Å². The lowest BCUT2D eigenvalue weighted by molar-refractivity contribution is 0.230. The number of fused-ring (bicyclic) bond motifs is 4. The summed E-state index contributed by atoms with van der Waals surface area (Å²) in [6.45, 7) is 1.79. The molecule has 3 heterocycles. The number of alkyl halides is 2. The summed E-state index contributed by atoms with van der Waals surface area (Å²) in [5.74, 6) is 0.528. The van der Waals surface area contributed by atoms with Crippen LogP contribution in [0.25, 0.3) is 0 Å². The summed E-state index contributed by atoms with van der Waals surface area (Å²) >= 11 is 7.47. The van der Waals surface area contributed by atoms with Gasteiger partial charge in [-0.15, -0.1) is 0 Å². The Labute approximate surface area is 110 Å². The van der Waals surface area contributed by atoms with Crippen LogP contribution >= 0.6 is 31.9 Å². The second-order valence-electron chi connectivity index (χ2n) is 4.56. The highest BCUT2D eigenvalue weighted by atomic mass is 79.9. The van der Waals surface area contributed by atoms with E-state index in [9.17, 15) is 4.79 Å². The van der Waals surface area contributed by atoms with Gasteiger partial charge in [-0.1, -0.05) is 37.9 Å². The van der Waals surface area contributed by atoms with Crippen molar-refractivity contribution in [2.24, 2.45) is 5.92 Å². The maximum absolute atomic E-state index is 11.9. The number of nitrogens with zero attached hydrogens (tertiary/aromatic N) is 1. The van der Waals surface area contributed by atoms with Crippen molar-refractivity contribution < 1.29 is 0 Å². The van der Waals surface area contributed by atoms with Crippen molar-refractivity contribution in [3.8, 4) is 0 Å². The lowest BCUT2D eigenvalue weighted by Crippen LogP contribution is -2.55. The molecule has 0 amide bonds. The molecule has 0 saturated carbocycles. The van der Waals surface area contributed by atoms with Crippen LogP contribution in [0, 0.1) is 5.92 Å². The third kappa shape index (κ3) is 1.45. The van der Waals surface area contributed by atoms with Crippen molar-refractivity contribution in [1.82, 2.24) is 9.88 Å². The first-order valence-electron chi connectivity index (χ1n) is 5.38.